The fourth-order valence-electron chi connectivity index (χ4n) is 3.97. The van der Waals surface area contributed by atoms with E-state index >= 15 is 0 Å². The van der Waals surface area contributed by atoms with Crippen LogP contribution in [0.25, 0.3) is 0 Å². The van der Waals surface area contributed by atoms with Gasteiger partial charge < -0.3 is 15.0 Å². The molecule has 0 aliphatic carbocycles. The van der Waals surface area contributed by atoms with Crippen LogP contribution in [0.5, 0.6) is 5.75 Å². The summed E-state index contributed by atoms with van der Waals surface area (Å²) < 4.78 is 5.98. The quantitative estimate of drug-likeness (QED) is 0.387. The van der Waals surface area contributed by atoms with Crippen molar-refractivity contribution in [3.05, 3.63) is 101 Å². The summed E-state index contributed by atoms with van der Waals surface area (Å²) in [5, 5.41) is 3.10. The maximum Gasteiger partial charge on any atom is 0.261 e. The second-order valence-electron chi connectivity index (χ2n) is 9.59. The summed E-state index contributed by atoms with van der Waals surface area (Å²) >= 11 is 0. The zero-order valence-corrected chi connectivity index (χ0v) is 22.1. The third-order valence-electron chi connectivity index (χ3n) is 6.44. The van der Waals surface area contributed by atoms with Crippen LogP contribution in [0.4, 0.5) is 0 Å². The molecule has 3 aromatic carbocycles. The normalized spacial score (nSPS) is 12.5. The molecule has 0 saturated heterocycles. The topological polar surface area (TPSA) is 58.6 Å². The Hall–Kier alpha value is -3.60. The molecule has 0 aliphatic rings. The van der Waals surface area contributed by atoms with Gasteiger partial charge in [-0.2, -0.15) is 0 Å². The number of benzene rings is 3. The maximum atomic E-state index is 13.7. The molecule has 0 fully saturated rings. The van der Waals surface area contributed by atoms with Gasteiger partial charge in [-0.15, -0.1) is 0 Å². The number of amides is 2. The second kappa shape index (κ2) is 12.9. The van der Waals surface area contributed by atoms with Crippen molar-refractivity contribution in [2.24, 2.45) is 0 Å². The molecular weight excluding hydrogens is 448 g/mol. The Labute approximate surface area is 215 Å². The average molecular weight is 487 g/mol. The Balaban J connectivity index is 1.92. The molecule has 2 amide bonds. The lowest BCUT2D eigenvalue weighted by Crippen LogP contribution is -2.53. The summed E-state index contributed by atoms with van der Waals surface area (Å²) in [7, 11) is 0. The molecule has 5 nitrogen and oxygen atoms in total. The van der Waals surface area contributed by atoms with Crippen LogP contribution in [0, 0.1) is 20.8 Å². The van der Waals surface area contributed by atoms with Crippen LogP contribution in [0.15, 0.2) is 72.8 Å². The first kappa shape index (κ1) is 27.0. The van der Waals surface area contributed by atoms with Crippen LogP contribution < -0.4 is 10.1 Å². The highest BCUT2D eigenvalue weighted by atomic mass is 16.5. The molecular formula is C31H38N2O3. The van der Waals surface area contributed by atoms with Crippen molar-refractivity contribution >= 4 is 11.8 Å². The molecule has 3 aromatic rings. The van der Waals surface area contributed by atoms with Crippen LogP contribution in [0.3, 0.4) is 0 Å². The molecule has 0 heterocycles. The van der Waals surface area contributed by atoms with Gasteiger partial charge in [-0.1, -0.05) is 79.2 Å². The minimum absolute atomic E-state index is 0.0123. The first-order chi connectivity index (χ1) is 17.3. The molecule has 3 rings (SSSR count). The minimum atomic E-state index is -0.669. The van der Waals surface area contributed by atoms with Gasteiger partial charge in [-0.05, 0) is 62.4 Å². The Kier molecular flexibility index (Phi) is 9.69. The van der Waals surface area contributed by atoms with Crippen LogP contribution in [0.2, 0.25) is 0 Å². The lowest BCUT2D eigenvalue weighted by atomic mass is 10.0. The largest absolute Gasteiger partial charge is 0.483 e. The molecule has 190 valence electrons. The molecule has 0 unspecified atom stereocenters. The molecule has 5 heteroatoms. The number of hydrogen-bond acceptors (Lipinski definition) is 3. The number of carbonyl (C=O) groups is 2. The molecule has 0 aliphatic heterocycles. The first-order valence-electron chi connectivity index (χ1n) is 12.7. The highest BCUT2D eigenvalue weighted by molar-refractivity contribution is 5.88. The van der Waals surface area contributed by atoms with Gasteiger partial charge in [0.15, 0.2) is 6.61 Å². The third kappa shape index (κ3) is 7.70. The molecule has 0 spiro atoms. The van der Waals surface area contributed by atoms with E-state index in [9.17, 15) is 9.59 Å². The van der Waals surface area contributed by atoms with Gasteiger partial charge in [-0.25, -0.2) is 0 Å². The van der Waals surface area contributed by atoms with Crippen molar-refractivity contribution in [3.8, 4) is 5.75 Å². The van der Waals surface area contributed by atoms with Crippen LogP contribution >= 0.6 is 0 Å². The molecule has 0 bridgehead atoms. The fourth-order valence-corrected chi connectivity index (χ4v) is 3.97. The molecule has 0 radical (unpaired) electrons. The number of rotatable bonds is 11. The summed E-state index contributed by atoms with van der Waals surface area (Å²) in [6.07, 6.45) is 1.23. The van der Waals surface area contributed by atoms with Gasteiger partial charge >= 0.3 is 0 Å². The Morgan fingerprint density at radius 2 is 1.56 bits per heavy atom. The van der Waals surface area contributed by atoms with E-state index in [4.69, 9.17) is 4.74 Å². The predicted octanol–water partition coefficient (Wildman–Crippen LogP) is 5.55. The monoisotopic (exact) mass is 486 g/mol. The van der Waals surface area contributed by atoms with Crippen molar-refractivity contribution in [2.75, 3.05) is 6.61 Å². The summed E-state index contributed by atoms with van der Waals surface area (Å²) in [4.78, 5) is 28.9. The van der Waals surface area contributed by atoms with E-state index in [1.54, 1.807) is 4.90 Å². The summed E-state index contributed by atoms with van der Waals surface area (Å²) in [5.74, 6) is 0.305. The van der Waals surface area contributed by atoms with Gasteiger partial charge in [0, 0.05) is 19.0 Å². The van der Waals surface area contributed by atoms with Crippen molar-refractivity contribution in [2.45, 2.75) is 66.1 Å². The van der Waals surface area contributed by atoms with E-state index in [1.807, 2.05) is 107 Å². The van der Waals surface area contributed by atoms with E-state index in [0.717, 1.165) is 34.2 Å². The number of carbonyl (C=O) groups excluding carboxylic acids is 2. The Bertz CT molecular complexity index is 1140. The number of hydrogen-bond donors (Lipinski definition) is 1. The molecule has 1 N–H and O–H groups in total. The Morgan fingerprint density at radius 3 is 2.22 bits per heavy atom. The van der Waals surface area contributed by atoms with E-state index < -0.39 is 6.04 Å². The number of aryl methyl sites for hydroxylation is 3. The first-order valence-corrected chi connectivity index (χ1v) is 12.7. The lowest BCUT2D eigenvalue weighted by Gasteiger charge is -2.32. The SMILES string of the molecule is CC[C@H](C)NC(=O)[C@@H](Cc1ccccc1)N(Cc1ccc(C)cc1)C(=O)COc1cc(C)ccc1C. The van der Waals surface area contributed by atoms with E-state index in [2.05, 4.69) is 5.32 Å². The zero-order chi connectivity index (χ0) is 26.1. The highest BCUT2D eigenvalue weighted by Crippen LogP contribution is 2.20. The molecule has 2 atom stereocenters. The van der Waals surface area contributed by atoms with Crippen molar-refractivity contribution in [1.29, 1.82) is 0 Å². The highest BCUT2D eigenvalue weighted by Gasteiger charge is 2.31. The zero-order valence-electron chi connectivity index (χ0n) is 22.1. The number of ether oxygens (including phenoxy) is 1. The maximum absolute atomic E-state index is 13.7. The number of nitrogens with one attached hydrogen (secondary N) is 1. The fraction of sp³-hybridized carbons (Fsp3) is 0.355. The van der Waals surface area contributed by atoms with E-state index in [-0.39, 0.29) is 24.5 Å². The summed E-state index contributed by atoms with van der Waals surface area (Å²) in [6.45, 7) is 10.2. The Morgan fingerprint density at radius 1 is 0.889 bits per heavy atom. The van der Waals surface area contributed by atoms with Gasteiger partial charge in [0.05, 0.1) is 0 Å². The second-order valence-corrected chi connectivity index (χ2v) is 9.59. The number of nitrogens with zero attached hydrogens (tertiary/aromatic N) is 1. The summed E-state index contributed by atoms with van der Waals surface area (Å²) in [5.41, 5.74) is 5.14. The smallest absolute Gasteiger partial charge is 0.261 e. The van der Waals surface area contributed by atoms with E-state index in [1.165, 1.54) is 0 Å². The standard InChI is InChI=1S/C31H38N2O3/c1-6-25(5)32-31(35)28(19-26-10-8-7-9-11-26)33(20-27-16-13-22(2)14-17-27)30(34)21-36-29-18-23(3)12-15-24(29)4/h7-18,25,28H,6,19-21H2,1-5H3,(H,32,35)/t25-,28+/m0/s1. The molecule has 0 aromatic heterocycles. The van der Waals surface area contributed by atoms with Crippen LogP contribution in [-0.4, -0.2) is 35.4 Å². The van der Waals surface area contributed by atoms with Crippen LogP contribution in [0.1, 0.15) is 48.1 Å². The molecule has 0 saturated carbocycles. The van der Waals surface area contributed by atoms with Gasteiger partial charge in [0.1, 0.15) is 11.8 Å². The van der Waals surface area contributed by atoms with Gasteiger partial charge in [0.25, 0.3) is 5.91 Å². The predicted molar refractivity (Wildman–Crippen MR) is 145 cm³/mol. The lowest BCUT2D eigenvalue weighted by molar-refractivity contribution is -0.143. The van der Waals surface area contributed by atoms with E-state index in [0.29, 0.717) is 18.7 Å². The molecule has 36 heavy (non-hydrogen) atoms. The third-order valence-corrected chi connectivity index (χ3v) is 6.44. The van der Waals surface area contributed by atoms with Gasteiger partial charge in [0.2, 0.25) is 5.91 Å². The summed E-state index contributed by atoms with van der Waals surface area (Å²) in [6, 6.07) is 23.2. The minimum Gasteiger partial charge on any atom is -0.483 e. The van der Waals surface area contributed by atoms with Crippen LogP contribution in [-0.2, 0) is 22.6 Å². The van der Waals surface area contributed by atoms with Crippen molar-refractivity contribution in [1.82, 2.24) is 10.2 Å². The van der Waals surface area contributed by atoms with Gasteiger partial charge in [-0.3, -0.25) is 9.59 Å². The van der Waals surface area contributed by atoms with Crippen molar-refractivity contribution < 1.29 is 14.3 Å². The average Bonchev–Trinajstić information content (AvgIpc) is 2.88. The van der Waals surface area contributed by atoms with Crippen molar-refractivity contribution in [3.63, 3.8) is 0 Å².